The molecule has 0 radical (unpaired) electrons. The van der Waals surface area contributed by atoms with Crippen molar-refractivity contribution in [3.05, 3.63) is 34.4 Å². The summed E-state index contributed by atoms with van der Waals surface area (Å²) in [7, 11) is 1.30. The van der Waals surface area contributed by atoms with Crippen molar-refractivity contribution in [2.24, 2.45) is 0 Å². The molecule has 0 saturated heterocycles. The molecule has 3 unspecified atom stereocenters. The molecular weight excluding hydrogens is 304 g/mol. The van der Waals surface area contributed by atoms with Crippen LogP contribution in [0.1, 0.15) is 44.9 Å². The molecular formula is C16H16O7. The van der Waals surface area contributed by atoms with Crippen LogP contribution in [0.5, 0.6) is 11.5 Å². The fourth-order valence-corrected chi connectivity index (χ4v) is 3.20. The molecule has 2 aliphatic carbocycles. The van der Waals surface area contributed by atoms with Gasteiger partial charge in [-0.15, -0.1) is 0 Å². The largest absolute Gasteiger partial charge is 0.507 e. The highest BCUT2D eigenvalue weighted by Crippen LogP contribution is 2.50. The molecule has 4 N–H and O–H groups in total. The van der Waals surface area contributed by atoms with Crippen LogP contribution in [0.2, 0.25) is 0 Å². The number of phenols is 2. The van der Waals surface area contributed by atoms with Gasteiger partial charge in [0, 0.05) is 24.7 Å². The number of benzene rings is 1. The van der Waals surface area contributed by atoms with E-state index in [1.165, 1.54) is 14.0 Å². The summed E-state index contributed by atoms with van der Waals surface area (Å²) < 4.78 is 5.19. The maximum absolute atomic E-state index is 12.0. The van der Waals surface area contributed by atoms with Gasteiger partial charge in [0.25, 0.3) is 0 Å². The van der Waals surface area contributed by atoms with Gasteiger partial charge in [-0.25, -0.2) is 0 Å². The van der Waals surface area contributed by atoms with Crippen molar-refractivity contribution >= 4 is 11.6 Å². The summed E-state index contributed by atoms with van der Waals surface area (Å²) in [5.74, 6) is -2.35. The molecule has 0 heterocycles. The number of allylic oxidation sites excluding steroid dienone is 2. The van der Waals surface area contributed by atoms with Crippen molar-refractivity contribution in [1.82, 2.24) is 0 Å². The van der Waals surface area contributed by atoms with Crippen LogP contribution in [-0.4, -0.2) is 50.8 Å². The summed E-state index contributed by atoms with van der Waals surface area (Å²) in [6, 6.07) is 0. The van der Waals surface area contributed by atoms with Crippen molar-refractivity contribution in [3.8, 4) is 11.5 Å². The van der Waals surface area contributed by atoms with Crippen molar-refractivity contribution in [2.45, 2.75) is 31.2 Å². The van der Waals surface area contributed by atoms with Crippen LogP contribution in [-0.2, 0) is 11.2 Å². The van der Waals surface area contributed by atoms with Crippen LogP contribution < -0.4 is 0 Å². The SMILES string of the molecule is COC1(C)C(O)Cc2c(O)c3c(c(O)c2C1O)C(=O)C=CC3=O. The number of aliphatic hydroxyl groups is 2. The molecule has 0 aliphatic heterocycles. The van der Waals surface area contributed by atoms with Gasteiger partial charge in [0.2, 0.25) is 0 Å². The Morgan fingerprint density at radius 1 is 1.09 bits per heavy atom. The second kappa shape index (κ2) is 4.89. The molecule has 0 spiro atoms. The number of phenolic OH excluding ortho intramolecular Hbond substituents is 2. The molecule has 3 atom stereocenters. The van der Waals surface area contributed by atoms with Gasteiger partial charge in [-0.3, -0.25) is 9.59 Å². The van der Waals surface area contributed by atoms with Crippen molar-refractivity contribution in [1.29, 1.82) is 0 Å². The Labute approximate surface area is 131 Å². The van der Waals surface area contributed by atoms with Gasteiger partial charge in [-0.1, -0.05) is 0 Å². The second-order valence-corrected chi connectivity index (χ2v) is 5.91. The van der Waals surface area contributed by atoms with E-state index in [4.69, 9.17) is 4.74 Å². The highest BCUT2D eigenvalue weighted by molar-refractivity contribution is 6.24. The summed E-state index contributed by atoms with van der Waals surface area (Å²) in [6.07, 6.45) is -0.810. The van der Waals surface area contributed by atoms with Gasteiger partial charge in [0.15, 0.2) is 11.6 Å². The van der Waals surface area contributed by atoms with Crippen molar-refractivity contribution in [3.63, 3.8) is 0 Å². The lowest BCUT2D eigenvalue weighted by Crippen LogP contribution is -2.51. The quantitative estimate of drug-likeness (QED) is 0.552. The Balaban J connectivity index is 2.36. The van der Waals surface area contributed by atoms with E-state index in [1.807, 2.05) is 0 Å². The summed E-state index contributed by atoms with van der Waals surface area (Å²) in [6.45, 7) is 1.45. The van der Waals surface area contributed by atoms with Gasteiger partial charge in [0.1, 0.15) is 23.2 Å². The monoisotopic (exact) mass is 320 g/mol. The molecule has 0 bridgehead atoms. The maximum Gasteiger partial charge on any atom is 0.190 e. The molecule has 2 aliphatic rings. The second-order valence-electron chi connectivity index (χ2n) is 5.91. The zero-order chi connectivity index (χ0) is 17.1. The number of rotatable bonds is 1. The van der Waals surface area contributed by atoms with Gasteiger partial charge >= 0.3 is 0 Å². The van der Waals surface area contributed by atoms with E-state index in [0.29, 0.717) is 0 Å². The van der Waals surface area contributed by atoms with Crippen LogP contribution in [0.3, 0.4) is 0 Å². The zero-order valence-electron chi connectivity index (χ0n) is 12.5. The number of ether oxygens (including phenoxy) is 1. The van der Waals surface area contributed by atoms with Crippen LogP contribution in [0, 0.1) is 0 Å². The smallest absolute Gasteiger partial charge is 0.190 e. The van der Waals surface area contributed by atoms with Crippen molar-refractivity contribution < 1.29 is 34.8 Å². The average molecular weight is 320 g/mol. The minimum absolute atomic E-state index is 0.0345. The molecule has 1 aromatic rings. The van der Waals surface area contributed by atoms with Crippen molar-refractivity contribution in [2.75, 3.05) is 7.11 Å². The molecule has 7 nitrogen and oxygen atoms in total. The molecule has 7 heteroatoms. The first-order valence-corrected chi connectivity index (χ1v) is 7.02. The number of hydrogen-bond donors (Lipinski definition) is 4. The third kappa shape index (κ3) is 1.87. The number of ketones is 2. The first-order valence-electron chi connectivity index (χ1n) is 7.02. The van der Waals surface area contributed by atoms with E-state index in [2.05, 4.69) is 0 Å². The summed E-state index contributed by atoms with van der Waals surface area (Å²) in [4.78, 5) is 24.0. The standard InChI is InChI=1S/C16H16O7/c1-16(23-2)9(19)5-6-10(15(16)22)14(21)12-8(18)4-3-7(17)11(12)13(6)20/h3-4,9,15,19-22H,5H2,1-2H3. The third-order valence-corrected chi connectivity index (χ3v) is 4.78. The molecule has 23 heavy (non-hydrogen) atoms. The topological polar surface area (TPSA) is 124 Å². The number of methoxy groups -OCH3 is 1. The van der Waals surface area contributed by atoms with E-state index in [9.17, 15) is 30.0 Å². The number of aliphatic hydroxyl groups excluding tert-OH is 2. The lowest BCUT2D eigenvalue weighted by atomic mass is 9.73. The Hall–Kier alpha value is -2.22. The van der Waals surface area contributed by atoms with E-state index in [1.54, 1.807) is 0 Å². The number of carbonyl (C=O) groups excluding carboxylic acids is 2. The predicted octanol–water partition coefficient (Wildman–Crippen LogP) is 0.388. The molecule has 0 saturated carbocycles. The Bertz CT molecular complexity index is 764. The maximum atomic E-state index is 12.0. The molecule has 0 aromatic heterocycles. The lowest BCUT2D eigenvalue weighted by Gasteiger charge is -2.43. The van der Waals surface area contributed by atoms with E-state index < -0.39 is 40.9 Å². The summed E-state index contributed by atoms with van der Waals surface area (Å²) in [5, 5.41) is 41.6. The highest BCUT2D eigenvalue weighted by atomic mass is 16.5. The number of carbonyl (C=O) groups is 2. The molecule has 0 fully saturated rings. The zero-order valence-corrected chi connectivity index (χ0v) is 12.5. The van der Waals surface area contributed by atoms with Crippen LogP contribution in [0.4, 0.5) is 0 Å². The Morgan fingerprint density at radius 2 is 1.61 bits per heavy atom. The first kappa shape index (κ1) is 15.7. The predicted molar refractivity (Wildman–Crippen MR) is 77.7 cm³/mol. The van der Waals surface area contributed by atoms with Gasteiger partial charge in [-0.05, 0) is 19.1 Å². The first-order chi connectivity index (χ1) is 10.7. The van der Waals surface area contributed by atoms with E-state index in [-0.39, 0.29) is 28.7 Å². The summed E-state index contributed by atoms with van der Waals surface area (Å²) >= 11 is 0. The normalized spacial score (nSPS) is 29.4. The minimum atomic E-state index is -1.49. The molecule has 0 amide bonds. The fraction of sp³-hybridized carbons (Fsp3) is 0.375. The summed E-state index contributed by atoms with van der Waals surface area (Å²) in [5.41, 5.74) is -2.15. The number of fused-ring (bicyclic) bond motifs is 2. The molecule has 3 rings (SSSR count). The van der Waals surface area contributed by atoms with Gasteiger partial charge in [0.05, 0.1) is 17.2 Å². The van der Waals surface area contributed by atoms with E-state index >= 15 is 0 Å². The van der Waals surface area contributed by atoms with Gasteiger partial charge < -0.3 is 25.2 Å². The van der Waals surface area contributed by atoms with Crippen LogP contribution in [0.15, 0.2) is 12.2 Å². The lowest BCUT2D eigenvalue weighted by molar-refractivity contribution is -0.164. The Morgan fingerprint density at radius 3 is 2.13 bits per heavy atom. The van der Waals surface area contributed by atoms with E-state index in [0.717, 1.165) is 12.2 Å². The van der Waals surface area contributed by atoms with Crippen LogP contribution in [0.25, 0.3) is 0 Å². The van der Waals surface area contributed by atoms with Gasteiger partial charge in [-0.2, -0.15) is 0 Å². The van der Waals surface area contributed by atoms with Crippen LogP contribution >= 0.6 is 0 Å². The number of hydrogen-bond acceptors (Lipinski definition) is 7. The molecule has 1 aromatic carbocycles. The third-order valence-electron chi connectivity index (χ3n) is 4.78. The Kier molecular flexibility index (Phi) is 3.33. The average Bonchev–Trinajstić information content (AvgIpc) is 2.52. The minimum Gasteiger partial charge on any atom is -0.507 e. The fourth-order valence-electron chi connectivity index (χ4n) is 3.20. The number of aromatic hydroxyl groups is 2. The molecule has 122 valence electrons. The highest BCUT2D eigenvalue weighted by Gasteiger charge is 2.49.